The van der Waals surface area contributed by atoms with E-state index >= 15 is 0 Å². The van der Waals surface area contributed by atoms with Crippen LogP contribution in [0.25, 0.3) is 0 Å². The molecule has 2 aromatic rings. The van der Waals surface area contributed by atoms with Crippen LogP contribution in [0.5, 0.6) is 0 Å². The van der Waals surface area contributed by atoms with Crippen LogP contribution in [0.3, 0.4) is 0 Å². The van der Waals surface area contributed by atoms with Crippen molar-refractivity contribution in [3.8, 4) is 6.07 Å². The van der Waals surface area contributed by atoms with Crippen molar-refractivity contribution >= 4 is 33.0 Å². The molecule has 1 atom stereocenters. The van der Waals surface area contributed by atoms with Gasteiger partial charge in [-0.1, -0.05) is 36.7 Å². The maximum Gasteiger partial charge on any atom is 0.158 e. The molecule has 1 aromatic heterocycles. The Hall–Kier alpha value is -1.38. The number of hydrogen-bond donors (Lipinski definition) is 1. The van der Waals surface area contributed by atoms with Crippen LogP contribution in [0.15, 0.2) is 34.1 Å². The minimum atomic E-state index is -0.427. The Bertz CT molecular complexity index is 620. The van der Waals surface area contributed by atoms with Crippen molar-refractivity contribution in [3.63, 3.8) is 0 Å². The third-order valence-electron chi connectivity index (χ3n) is 2.74. The summed E-state index contributed by atoms with van der Waals surface area (Å²) in [7, 11) is 0. The Morgan fingerprint density at radius 3 is 2.45 bits per heavy atom. The number of nitrogens with zero attached hydrogens (tertiary/aromatic N) is 2. The molecular formula is C15H16BrN3S. The van der Waals surface area contributed by atoms with Crippen molar-refractivity contribution in [1.29, 1.82) is 5.26 Å². The minimum absolute atomic E-state index is 0.0144. The molecule has 1 N–H and O–H groups in total. The Labute approximate surface area is 131 Å². The number of anilines is 1. The number of nitrogens with one attached hydrogen (secondary N) is 1. The highest BCUT2D eigenvalue weighted by Crippen LogP contribution is 2.29. The number of thiazole rings is 1. The van der Waals surface area contributed by atoms with Crippen LogP contribution in [0.4, 0.5) is 5.69 Å². The second-order valence-electron chi connectivity index (χ2n) is 5.54. The number of aromatic nitrogens is 1. The smallest absolute Gasteiger partial charge is 0.158 e. The molecule has 0 radical (unpaired) electrons. The fourth-order valence-corrected chi connectivity index (χ4v) is 2.85. The average molecular weight is 350 g/mol. The number of benzene rings is 1. The van der Waals surface area contributed by atoms with Crippen LogP contribution >= 0.6 is 27.3 Å². The second kappa shape index (κ2) is 5.94. The molecule has 0 saturated heterocycles. The lowest BCUT2D eigenvalue weighted by molar-refractivity contribution is 0.582. The van der Waals surface area contributed by atoms with Gasteiger partial charge in [-0.25, -0.2) is 4.98 Å². The van der Waals surface area contributed by atoms with E-state index in [2.05, 4.69) is 53.1 Å². The zero-order valence-corrected chi connectivity index (χ0v) is 14.0. The maximum atomic E-state index is 9.35. The molecular weight excluding hydrogens is 334 g/mol. The number of nitriles is 1. The Morgan fingerprint density at radius 2 is 1.95 bits per heavy atom. The fraction of sp³-hybridized carbons (Fsp3) is 0.333. The van der Waals surface area contributed by atoms with E-state index in [0.29, 0.717) is 0 Å². The fourth-order valence-electron chi connectivity index (χ4n) is 1.65. The standard InChI is InChI=1S/C15H16BrN3S/c1-15(2,3)14-19-13(9-20-14)12(8-17)18-11-6-4-10(16)5-7-11/h4-7,9,12,18H,1-3H3. The molecule has 2 rings (SSSR count). The van der Waals surface area contributed by atoms with Gasteiger partial charge in [0.25, 0.3) is 0 Å². The molecule has 1 aromatic carbocycles. The van der Waals surface area contributed by atoms with Gasteiger partial charge in [0, 0.05) is 21.0 Å². The van der Waals surface area contributed by atoms with E-state index in [1.165, 1.54) is 0 Å². The predicted molar refractivity (Wildman–Crippen MR) is 86.9 cm³/mol. The Balaban J connectivity index is 2.19. The third-order valence-corrected chi connectivity index (χ3v) is 4.56. The molecule has 0 aliphatic carbocycles. The normalized spacial score (nSPS) is 12.8. The van der Waals surface area contributed by atoms with E-state index in [1.54, 1.807) is 11.3 Å². The maximum absolute atomic E-state index is 9.35. The number of hydrogen-bond acceptors (Lipinski definition) is 4. The summed E-state index contributed by atoms with van der Waals surface area (Å²) in [6.07, 6.45) is 0. The van der Waals surface area contributed by atoms with Gasteiger partial charge in [-0.2, -0.15) is 5.26 Å². The van der Waals surface area contributed by atoms with E-state index in [9.17, 15) is 5.26 Å². The van der Waals surface area contributed by atoms with Gasteiger partial charge in [0.1, 0.15) is 0 Å². The molecule has 0 spiro atoms. The molecule has 0 bridgehead atoms. The highest BCUT2D eigenvalue weighted by molar-refractivity contribution is 9.10. The quantitative estimate of drug-likeness (QED) is 0.858. The van der Waals surface area contributed by atoms with Crippen molar-refractivity contribution in [3.05, 3.63) is 44.8 Å². The molecule has 0 amide bonds. The summed E-state index contributed by atoms with van der Waals surface area (Å²) in [6, 6.07) is 9.60. The van der Waals surface area contributed by atoms with Gasteiger partial charge in [-0.15, -0.1) is 11.3 Å². The van der Waals surface area contributed by atoms with E-state index in [4.69, 9.17) is 0 Å². The van der Waals surface area contributed by atoms with Gasteiger partial charge >= 0.3 is 0 Å². The lowest BCUT2D eigenvalue weighted by Gasteiger charge is -2.14. The van der Waals surface area contributed by atoms with E-state index in [0.717, 1.165) is 20.9 Å². The Kier molecular flexibility index (Phi) is 4.46. The first kappa shape index (κ1) is 15.0. The van der Waals surface area contributed by atoms with E-state index < -0.39 is 6.04 Å². The van der Waals surface area contributed by atoms with Crippen LogP contribution in [0, 0.1) is 11.3 Å². The first-order valence-corrected chi connectivity index (χ1v) is 7.95. The summed E-state index contributed by atoms with van der Waals surface area (Å²) >= 11 is 5.00. The van der Waals surface area contributed by atoms with Crippen molar-refractivity contribution in [1.82, 2.24) is 4.98 Å². The molecule has 0 fully saturated rings. The second-order valence-corrected chi connectivity index (χ2v) is 7.31. The highest BCUT2D eigenvalue weighted by atomic mass is 79.9. The molecule has 20 heavy (non-hydrogen) atoms. The largest absolute Gasteiger partial charge is 0.365 e. The van der Waals surface area contributed by atoms with Gasteiger partial charge in [0.2, 0.25) is 0 Å². The zero-order chi connectivity index (χ0) is 14.8. The third kappa shape index (κ3) is 3.59. The molecule has 1 heterocycles. The lowest BCUT2D eigenvalue weighted by Crippen LogP contribution is -2.13. The Morgan fingerprint density at radius 1 is 1.30 bits per heavy atom. The monoisotopic (exact) mass is 349 g/mol. The zero-order valence-electron chi connectivity index (χ0n) is 11.6. The summed E-state index contributed by atoms with van der Waals surface area (Å²) < 4.78 is 1.01. The van der Waals surface area contributed by atoms with Gasteiger partial charge in [-0.3, -0.25) is 0 Å². The van der Waals surface area contributed by atoms with Gasteiger partial charge < -0.3 is 5.32 Å². The molecule has 1 unspecified atom stereocenters. The number of rotatable bonds is 3. The molecule has 104 valence electrons. The van der Waals surface area contributed by atoms with Crippen LogP contribution in [-0.2, 0) is 5.41 Å². The minimum Gasteiger partial charge on any atom is -0.365 e. The van der Waals surface area contributed by atoms with Crippen molar-refractivity contribution in [2.75, 3.05) is 5.32 Å². The van der Waals surface area contributed by atoms with E-state index in [1.807, 2.05) is 29.6 Å². The number of halogens is 1. The topological polar surface area (TPSA) is 48.7 Å². The summed E-state index contributed by atoms with van der Waals surface area (Å²) in [6.45, 7) is 6.37. The first-order chi connectivity index (χ1) is 9.40. The summed E-state index contributed by atoms with van der Waals surface area (Å²) in [5.41, 5.74) is 1.70. The highest BCUT2D eigenvalue weighted by Gasteiger charge is 2.21. The molecule has 5 heteroatoms. The van der Waals surface area contributed by atoms with Crippen LogP contribution in [0.1, 0.15) is 37.5 Å². The lowest BCUT2D eigenvalue weighted by atomic mass is 9.98. The summed E-state index contributed by atoms with van der Waals surface area (Å²) in [4.78, 5) is 4.59. The average Bonchev–Trinajstić information content (AvgIpc) is 2.87. The van der Waals surface area contributed by atoms with Crippen LogP contribution < -0.4 is 5.32 Å². The molecule has 3 nitrogen and oxygen atoms in total. The summed E-state index contributed by atoms with van der Waals surface area (Å²) in [5.74, 6) is 0. The summed E-state index contributed by atoms with van der Waals surface area (Å²) in [5, 5.41) is 15.6. The van der Waals surface area contributed by atoms with Crippen molar-refractivity contribution in [2.45, 2.75) is 32.2 Å². The van der Waals surface area contributed by atoms with Gasteiger partial charge in [0.15, 0.2) is 6.04 Å². The van der Waals surface area contributed by atoms with Crippen LogP contribution in [0.2, 0.25) is 0 Å². The van der Waals surface area contributed by atoms with Crippen molar-refractivity contribution < 1.29 is 0 Å². The molecule has 0 aliphatic rings. The van der Waals surface area contributed by atoms with Gasteiger partial charge in [-0.05, 0) is 24.3 Å². The SMILES string of the molecule is CC(C)(C)c1nc(C(C#N)Nc2ccc(Br)cc2)cs1. The van der Waals surface area contributed by atoms with Gasteiger partial charge in [0.05, 0.1) is 16.8 Å². The first-order valence-electron chi connectivity index (χ1n) is 6.28. The van der Waals surface area contributed by atoms with E-state index in [-0.39, 0.29) is 5.41 Å². The van der Waals surface area contributed by atoms with Crippen molar-refractivity contribution in [2.24, 2.45) is 0 Å². The predicted octanol–water partition coefficient (Wildman–Crippen LogP) is 4.88. The van der Waals surface area contributed by atoms with Crippen LogP contribution in [-0.4, -0.2) is 4.98 Å². The molecule has 0 saturated carbocycles. The molecule has 0 aliphatic heterocycles.